The molecule has 1 saturated heterocycles. The average molecular weight is 550 g/mol. The van der Waals surface area contributed by atoms with Crippen LogP contribution in [0, 0.1) is 0 Å². The van der Waals surface area contributed by atoms with Crippen LogP contribution in [0.15, 0.2) is 0 Å². The van der Waals surface area contributed by atoms with E-state index in [1.807, 2.05) is 0 Å². The lowest BCUT2D eigenvalue weighted by Gasteiger charge is -2.43. The molecular formula is C23H39N3O12. The number of ether oxygens (including phenoxy) is 4. The highest BCUT2D eigenvalue weighted by molar-refractivity contribution is 5.91. The summed E-state index contributed by atoms with van der Waals surface area (Å²) in [6.45, 7) is 6.59. The van der Waals surface area contributed by atoms with Crippen LogP contribution in [0.3, 0.4) is 0 Å². The van der Waals surface area contributed by atoms with Crippen LogP contribution in [0.4, 0.5) is 0 Å². The lowest BCUT2D eigenvalue weighted by Crippen LogP contribution is -2.65. The highest BCUT2D eigenvalue weighted by Gasteiger charge is 2.47. The maximum Gasteiger partial charge on any atom is 0.328 e. The van der Waals surface area contributed by atoms with E-state index in [9.17, 15) is 39.3 Å². The van der Waals surface area contributed by atoms with Gasteiger partial charge < -0.3 is 50.2 Å². The Bertz CT molecular complexity index is 825. The van der Waals surface area contributed by atoms with Crippen molar-refractivity contribution in [3.63, 3.8) is 0 Å². The summed E-state index contributed by atoms with van der Waals surface area (Å²) in [6, 6.07) is -3.58. The van der Waals surface area contributed by atoms with Gasteiger partial charge in [0.25, 0.3) is 0 Å². The first kappa shape index (κ1) is 33.2. The second-order valence-corrected chi connectivity index (χ2v) is 8.59. The number of aliphatic hydroxyl groups is 3. The molecular weight excluding hydrogens is 510 g/mol. The van der Waals surface area contributed by atoms with Crippen LogP contribution >= 0.6 is 0 Å². The molecule has 3 amide bonds. The van der Waals surface area contributed by atoms with Crippen molar-refractivity contribution in [1.82, 2.24) is 16.0 Å². The molecule has 1 rings (SSSR count). The molecule has 0 aliphatic carbocycles. The number of rotatable bonds is 14. The molecule has 15 nitrogen and oxygen atoms in total. The van der Waals surface area contributed by atoms with Crippen molar-refractivity contribution in [1.29, 1.82) is 0 Å². The van der Waals surface area contributed by atoms with Crippen LogP contribution < -0.4 is 16.0 Å². The molecule has 0 bridgehead atoms. The standard InChI is InChI=1S/C23H39N3O12/c1-6-35-16(29)9-8-14(22(33)36-7-2)26-20(31)11(3)24-21(32)12(4)37-19-17(25-13(5)28)23(34)38-15(10-27)18(19)30/h11-12,14-15,17-19,23,27,30,34H,6-10H2,1-5H3,(H,24,32)(H,25,28)(H,26,31)/t11-,12+,14+,15+,17+,18+,19+,23+/m0/s1. The molecule has 6 N–H and O–H groups in total. The van der Waals surface area contributed by atoms with Crippen molar-refractivity contribution in [3.05, 3.63) is 0 Å². The Morgan fingerprint density at radius 1 is 0.974 bits per heavy atom. The Balaban J connectivity index is 2.83. The molecule has 15 heteroatoms. The highest BCUT2D eigenvalue weighted by Crippen LogP contribution is 2.23. The van der Waals surface area contributed by atoms with E-state index in [-0.39, 0.29) is 26.1 Å². The Labute approximate surface area is 220 Å². The molecule has 1 fully saturated rings. The van der Waals surface area contributed by atoms with Crippen LogP contribution in [0.5, 0.6) is 0 Å². The summed E-state index contributed by atoms with van der Waals surface area (Å²) in [6.07, 6.45) is -7.26. The zero-order valence-electron chi connectivity index (χ0n) is 22.2. The zero-order chi connectivity index (χ0) is 29.0. The number of hydrogen-bond acceptors (Lipinski definition) is 12. The summed E-state index contributed by atoms with van der Waals surface area (Å²) < 4.78 is 20.5. The Morgan fingerprint density at radius 3 is 2.16 bits per heavy atom. The first-order valence-electron chi connectivity index (χ1n) is 12.3. The van der Waals surface area contributed by atoms with Crippen LogP contribution in [-0.4, -0.2) is 114 Å². The van der Waals surface area contributed by atoms with Crippen molar-refractivity contribution in [2.75, 3.05) is 19.8 Å². The van der Waals surface area contributed by atoms with Gasteiger partial charge in [-0.05, 0) is 34.1 Å². The topological polar surface area (TPSA) is 219 Å². The van der Waals surface area contributed by atoms with E-state index < -0.39 is 85.1 Å². The molecule has 1 aliphatic rings. The number of nitrogens with one attached hydrogen (secondary N) is 3. The van der Waals surface area contributed by atoms with E-state index in [4.69, 9.17) is 18.9 Å². The summed E-state index contributed by atoms with van der Waals surface area (Å²) in [5.74, 6) is -3.41. The first-order chi connectivity index (χ1) is 17.9. The predicted octanol–water partition coefficient (Wildman–Crippen LogP) is -2.77. The van der Waals surface area contributed by atoms with E-state index in [0.29, 0.717) is 0 Å². The summed E-state index contributed by atoms with van der Waals surface area (Å²) in [7, 11) is 0. The quantitative estimate of drug-likeness (QED) is 0.121. The van der Waals surface area contributed by atoms with Gasteiger partial charge in [0.05, 0.1) is 19.8 Å². The maximum atomic E-state index is 12.7. The smallest absolute Gasteiger partial charge is 0.328 e. The molecule has 1 heterocycles. The average Bonchev–Trinajstić information content (AvgIpc) is 2.85. The largest absolute Gasteiger partial charge is 0.466 e. The van der Waals surface area contributed by atoms with Gasteiger partial charge in [-0.15, -0.1) is 0 Å². The molecule has 1 aliphatic heterocycles. The van der Waals surface area contributed by atoms with Crippen molar-refractivity contribution in [2.24, 2.45) is 0 Å². The predicted molar refractivity (Wildman–Crippen MR) is 128 cm³/mol. The van der Waals surface area contributed by atoms with Gasteiger partial charge >= 0.3 is 11.9 Å². The van der Waals surface area contributed by atoms with Crippen molar-refractivity contribution < 1.29 is 58.2 Å². The number of esters is 2. The molecule has 8 atom stereocenters. The van der Waals surface area contributed by atoms with Gasteiger partial charge in [0, 0.05) is 13.3 Å². The minimum absolute atomic E-state index is 0.0507. The number of carbonyl (C=O) groups excluding carboxylic acids is 5. The number of hydrogen-bond donors (Lipinski definition) is 6. The van der Waals surface area contributed by atoms with Crippen molar-refractivity contribution >= 4 is 29.7 Å². The molecule has 0 radical (unpaired) electrons. The van der Waals surface area contributed by atoms with Gasteiger partial charge in [0.1, 0.15) is 42.5 Å². The lowest BCUT2D eigenvalue weighted by molar-refractivity contribution is -0.266. The Kier molecular flexibility index (Phi) is 14.1. The number of amides is 3. The van der Waals surface area contributed by atoms with E-state index in [0.717, 1.165) is 0 Å². The fraction of sp³-hybridized carbons (Fsp3) is 0.783. The van der Waals surface area contributed by atoms with Gasteiger partial charge in [-0.25, -0.2) is 4.79 Å². The van der Waals surface area contributed by atoms with Gasteiger partial charge in [-0.2, -0.15) is 0 Å². The van der Waals surface area contributed by atoms with E-state index in [1.165, 1.54) is 20.8 Å². The Hall–Kier alpha value is -2.85. The molecule has 0 aromatic rings. The van der Waals surface area contributed by atoms with Crippen LogP contribution in [-0.2, 0) is 42.9 Å². The third-order valence-corrected chi connectivity index (χ3v) is 5.56. The fourth-order valence-corrected chi connectivity index (χ4v) is 3.61. The van der Waals surface area contributed by atoms with Crippen molar-refractivity contribution in [2.45, 2.75) is 96.3 Å². The van der Waals surface area contributed by atoms with Gasteiger partial charge in [-0.3, -0.25) is 19.2 Å². The van der Waals surface area contributed by atoms with Crippen LogP contribution in [0.1, 0.15) is 47.5 Å². The third kappa shape index (κ3) is 10.1. The van der Waals surface area contributed by atoms with E-state index in [1.54, 1.807) is 13.8 Å². The monoisotopic (exact) mass is 549 g/mol. The minimum Gasteiger partial charge on any atom is -0.466 e. The van der Waals surface area contributed by atoms with Crippen molar-refractivity contribution in [3.8, 4) is 0 Å². The number of carbonyl (C=O) groups is 5. The van der Waals surface area contributed by atoms with Crippen LogP contribution in [0.25, 0.3) is 0 Å². The number of aliphatic hydroxyl groups excluding tert-OH is 3. The molecule has 0 aromatic carbocycles. The van der Waals surface area contributed by atoms with Crippen LogP contribution in [0.2, 0.25) is 0 Å². The molecule has 0 spiro atoms. The lowest BCUT2D eigenvalue weighted by atomic mass is 9.96. The molecule has 0 aromatic heterocycles. The Morgan fingerprint density at radius 2 is 1.61 bits per heavy atom. The zero-order valence-corrected chi connectivity index (χ0v) is 22.2. The molecule has 0 unspecified atom stereocenters. The maximum absolute atomic E-state index is 12.7. The second-order valence-electron chi connectivity index (χ2n) is 8.59. The molecule has 218 valence electrons. The first-order valence-corrected chi connectivity index (χ1v) is 12.3. The van der Waals surface area contributed by atoms with Gasteiger partial charge in [-0.1, -0.05) is 0 Å². The van der Waals surface area contributed by atoms with E-state index in [2.05, 4.69) is 16.0 Å². The summed E-state index contributed by atoms with van der Waals surface area (Å²) in [5, 5.41) is 37.3. The fourth-order valence-electron chi connectivity index (χ4n) is 3.61. The van der Waals surface area contributed by atoms with Gasteiger partial charge in [0.15, 0.2) is 6.29 Å². The van der Waals surface area contributed by atoms with Gasteiger partial charge in [0.2, 0.25) is 17.7 Å². The molecule has 38 heavy (non-hydrogen) atoms. The SMILES string of the molecule is CCOC(=O)CC[C@@H](NC(=O)[C@H](C)NC(=O)[C@@H](C)O[C@H]1[C@H](O)[C@@H](CO)O[C@@H](O)[C@@H]1NC(C)=O)C(=O)OCC. The highest BCUT2D eigenvalue weighted by atomic mass is 16.6. The molecule has 0 saturated carbocycles. The second kappa shape index (κ2) is 16.2. The summed E-state index contributed by atoms with van der Waals surface area (Å²) in [4.78, 5) is 60.9. The normalized spacial score (nSPS) is 25.3. The third-order valence-electron chi connectivity index (χ3n) is 5.56. The minimum atomic E-state index is -1.64. The summed E-state index contributed by atoms with van der Waals surface area (Å²) >= 11 is 0. The summed E-state index contributed by atoms with van der Waals surface area (Å²) in [5.41, 5.74) is 0. The van der Waals surface area contributed by atoms with E-state index >= 15 is 0 Å².